The van der Waals surface area contributed by atoms with Crippen molar-refractivity contribution in [2.24, 2.45) is 0 Å². The van der Waals surface area contributed by atoms with E-state index in [-0.39, 0.29) is 18.7 Å². The molecule has 1 aliphatic carbocycles. The summed E-state index contributed by atoms with van der Waals surface area (Å²) in [7, 11) is 2.03. The molecule has 1 aromatic heterocycles. The first-order chi connectivity index (χ1) is 16.1. The van der Waals surface area contributed by atoms with E-state index in [9.17, 15) is 18.0 Å². The number of rotatable bonds is 6. The van der Waals surface area contributed by atoms with Crippen LogP contribution >= 0.6 is 0 Å². The standard InChI is InChI=1S/C24H34F3N5O2/c1-4-32-18(2)19(16-28-32)17-31-11-5-10-23(31,22(33)30-14-12-29(3)13-15-30)34-21-8-6-20(7-9-21)24(25,26)27/h6,8,16H,4-5,7,9-15,17H2,1-3H3. The molecule has 0 aromatic carbocycles. The van der Waals surface area contributed by atoms with Gasteiger partial charge in [-0.2, -0.15) is 18.3 Å². The highest BCUT2D eigenvalue weighted by atomic mass is 19.4. The number of ether oxygens (including phenoxy) is 1. The predicted octanol–water partition coefficient (Wildman–Crippen LogP) is 3.46. The molecule has 34 heavy (non-hydrogen) atoms. The molecule has 188 valence electrons. The molecular weight excluding hydrogens is 447 g/mol. The Balaban J connectivity index is 1.63. The molecule has 3 heterocycles. The van der Waals surface area contributed by atoms with Crippen LogP contribution in [0.25, 0.3) is 0 Å². The minimum Gasteiger partial charge on any atom is -0.467 e. The van der Waals surface area contributed by atoms with E-state index < -0.39 is 17.5 Å². The molecule has 1 atom stereocenters. The third kappa shape index (κ3) is 4.88. The maximum absolute atomic E-state index is 14.0. The highest BCUT2D eigenvalue weighted by Crippen LogP contribution is 2.40. The van der Waals surface area contributed by atoms with Gasteiger partial charge in [0.2, 0.25) is 5.72 Å². The van der Waals surface area contributed by atoms with Crippen LogP contribution < -0.4 is 0 Å². The zero-order valence-corrected chi connectivity index (χ0v) is 20.2. The molecule has 2 saturated heterocycles. The molecule has 3 aliphatic rings. The van der Waals surface area contributed by atoms with Crippen molar-refractivity contribution >= 4 is 5.91 Å². The smallest absolute Gasteiger partial charge is 0.412 e. The maximum Gasteiger partial charge on any atom is 0.412 e. The van der Waals surface area contributed by atoms with Gasteiger partial charge in [-0.3, -0.25) is 14.4 Å². The van der Waals surface area contributed by atoms with Crippen LogP contribution in [0.2, 0.25) is 0 Å². The summed E-state index contributed by atoms with van der Waals surface area (Å²) in [5, 5.41) is 4.44. The first-order valence-electron chi connectivity index (χ1n) is 12.0. The number of carbonyl (C=O) groups is 1. The molecule has 1 aromatic rings. The van der Waals surface area contributed by atoms with Crippen molar-refractivity contribution in [2.75, 3.05) is 39.8 Å². The van der Waals surface area contributed by atoms with Crippen molar-refractivity contribution in [3.8, 4) is 0 Å². The van der Waals surface area contributed by atoms with Gasteiger partial charge in [-0.15, -0.1) is 0 Å². The molecule has 0 radical (unpaired) electrons. The van der Waals surface area contributed by atoms with Gasteiger partial charge in [0.1, 0.15) is 0 Å². The number of hydrogen-bond acceptors (Lipinski definition) is 5. The molecule has 0 bridgehead atoms. The van der Waals surface area contributed by atoms with Crippen molar-refractivity contribution in [3.05, 3.63) is 40.9 Å². The zero-order chi connectivity index (χ0) is 24.5. The number of alkyl halides is 3. The fraction of sp³-hybridized carbons (Fsp3) is 0.667. The number of likely N-dealkylation sites (N-methyl/N-ethyl adjacent to an activating group) is 1. The molecule has 0 spiro atoms. The third-order valence-electron chi connectivity index (χ3n) is 7.22. The van der Waals surface area contributed by atoms with Crippen LogP contribution in [-0.2, 0) is 22.6 Å². The van der Waals surface area contributed by atoms with E-state index >= 15 is 0 Å². The number of aromatic nitrogens is 2. The molecule has 7 nitrogen and oxygen atoms in total. The Bertz CT molecular complexity index is 962. The van der Waals surface area contributed by atoms with Crippen molar-refractivity contribution in [1.29, 1.82) is 0 Å². The summed E-state index contributed by atoms with van der Waals surface area (Å²) in [6.45, 7) is 8.76. The zero-order valence-electron chi connectivity index (χ0n) is 20.2. The van der Waals surface area contributed by atoms with Crippen LogP contribution in [0.1, 0.15) is 43.9 Å². The number of nitrogens with zero attached hydrogens (tertiary/aromatic N) is 5. The fourth-order valence-corrected chi connectivity index (χ4v) is 5.03. The Hall–Kier alpha value is -2.33. The van der Waals surface area contributed by atoms with E-state index in [1.54, 1.807) is 0 Å². The van der Waals surface area contributed by atoms with Crippen molar-refractivity contribution in [1.82, 2.24) is 24.5 Å². The lowest BCUT2D eigenvalue weighted by atomic mass is 10.0. The summed E-state index contributed by atoms with van der Waals surface area (Å²) < 4.78 is 47.7. The van der Waals surface area contributed by atoms with Crippen molar-refractivity contribution in [2.45, 2.75) is 64.5 Å². The number of aryl methyl sites for hydroxylation is 1. The molecule has 10 heteroatoms. The Labute approximate surface area is 198 Å². The predicted molar refractivity (Wildman–Crippen MR) is 122 cm³/mol. The second-order valence-corrected chi connectivity index (χ2v) is 9.40. The summed E-state index contributed by atoms with van der Waals surface area (Å²) >= 11 is 0. The molecule has 0 saturated carbocycles. The van der Waals surface area contributed by atoms with Crippen LogP contribution in [0.15, 0.2) is 29.7 Å². The minimum atomic E-state index is -4.34. The van der Waals surface area contributed by atoms with E-state index in [1.165, 1.54) is 6.08 Å². The number of hydrogen-bond donors (Lipinski definition) is 0. The molecule has 2 fully saturated rings. The number of halogens is 3. The Kier molecular flexibility index (Phi) is 7.09. The maximum atomic E-state index is 14.0. The number of amides is 1. The number of likely N-dealkylation sites (tertiary alicyclic amines) is 1. The highest BCUT2D eigenvalue weighted by Gasteiger charge is 2.52. The van der Waals surface area contributed by atoms with E-state index in [0.29, 0.717) is 38.4 Å². The summed E-state index contributed by atoms with van der Waals surface area (Å²) in [4.78, 5) is 20.1. The van der Waals surface area contributed by atoms with Gasteiger partial charge < -0.3 is 14.5 Å². The van der Waals surface area contributed by atoms with Crippen LogP contribution in [0.5, 0.6) is 0 Å². The topological polar surface area (TPSA) is 53.8 Å². The lowest BCUT2D eigenvalue weighted by Gasteiger charge is -2.43. The van der Waals surface area contributed by atoms with E-state index in [1.807, 2.05) is 36.7 Å². The Morgan fingerprint density at radius 3 is 2.47 bits per heavy atom. The monoisotopic (exact) mass is 481 g/mol. The molecule has 2 aliphatic heterocycles. The second-order valence-electron chi connectivity index (χ2n) is 9.40. The van der Waals surface area contributed by atoms with Gasteiger partial charge in [-0.05, 0) is 39.8 Å². The first-order valence-corrected chi connectivity index (χ1v) is 12.0. The lowest BCUT2D eigenvalue weighted by Crippen LogP contribution is -2.61. The summed E-state index contributed by atoms with van der Waals surface area (Å²) in [6, 6.07) is 0. The minimum absolute atomic E-state index is 0.0925. The van der Waals surface area contributed by atoms with Gasteiger partial charge in [-0.25, -0.2) is 0 Å². The van der Waals surface area contributed by atoms with Gasteiger partial charge in [0, 0.05) is 75.5 Å². The SMILES string of the molecule is CCn1ncc(CN2CCCC2(OC2=CC=C(C(F)(F)F)CC2)C(=O)N2CCN(C)CC2)c1C. The number of carbonyl (C=O) groups excluding carboxylic acids is 1. The Morgan fingerprint density at radius 1 is 1.15 bits per heavy atom. The molecule has 0 N–H and O–H groups in total. The average Bonchev–Trinajstić information content (AvgIpc) is 3.37. The number of piperazine rings is 1. The summed E-state index contributed by atoms with van der Waals surface area (Å²) in [5.41, 5.74) is 0.293. The first kappa shape index (κ1) is 24.8. The average molecular weight is 482 g/mol. The third-order valence-corrected chi connectivity index (χ3v) is 7.22. The van der Waals surface area contributed by atoms with E-state index in [2.05, 4.69) is 14.9 Å². The fourth-order valence-electron chi connectivity index (χ4n) is 5.03. The van der Waals surface area contributed by atoms with Crippen molar-refractivity contribution < 1.29 is 22.7 Å². The van der Waals surface area contributed by atoms with Crippen LogP contribution in [0.4, 0.5) is 13.2 Å². The quantitative estimate of drug-likeness (QED) is 0.623. The van der Waals surface area contributed by atoms with Crippen LogP contribution in [0.3, 0.4) is 0 Å². The summed E-state index contributed by atoms with van der Waals surface area (Å²) in [6.07, 6.45) is 1.24. The highest BCUT2D eigenvalue weighted by molar-refractivity contribution is 5.85. The van der Waals surface area contributed by atoms with Crippen LogP contribution in [0, 0.1) is 6.92 Å². The van der Waals surface area contributed by atoms with Gasteiger partial charge in [0.15, 0.2) is 0 Å². The normalized spacial score (nSPS) is 24.8. The van der Waals surface area contributed by atoms with E-state index in [4.69, 9.17) is 4.74 Å². The second kappa shape index (κ2) is 9.73. The van der Waals surface area contributed by atoms with Gasteiger partial charge in [0.25, 0.3) is 5.91 Å². The van der Waals surface area contributed by atoms with Crippen LogP contribution in [-0.4, -0.2) is 82.1 Å². The molecule has 1 unspecified atom stereocenters. The van der Waals surface area contributed by atoms with E-state index in [0.717, 1.165) is 43.4 Å². The summed E-state index contributed by atoms with van der Waals surface area (Å²) in [5.74, 6) is 0.341. The number of allylic oxidation sites excluding steroid dienone is 4. The van der Waals surface area contributed by atoms with Gasteiger partial charge in [-0.1, -0.05) is 6.08 Å². The molecular formula is C24H34F3N5O2. The van der Waals surface area contributed by atoms with Gasteiger partial charge in [0.05, 0.1) is 12.0 Å². The lowest BCUT2D eigenvalue weighted by molar-refractivity contribution is -0.177. The Morgan fingerprint density at radius 2 is 1.88 bits per heavy atom. The largest absolute Gasteiger partial charge is 0.467 e. The van der Waals surface area contributed by atoms with Gasteiger partial charge >= 0.3 is 6.18 Å². The van der Waals surface area contributed by atoms with Crippen molar-refractivity contribution in [3.63, 3.8) is 0 Å². The molecule has 1 amide bonds. The molecule has 4 rings (SSSR count).